The van der Waals surface area contributed by atoms with Crippen LogP contribution in [0.2, 0.25) is 0 Å². The molecule has 0 atom stereocenters. The zero-order valence-corrected chi connectivity index (χ0v) is 8.92. The summed E-state index contributed by atoms with van der Waals surface area (Å²) in [5, 5.41) is 8.70. The summed E-state index contributed by atoms with van der Waals surface area (Å²) in [6.45, 7) is 0. The van der Waals surface area contributed by atoms with Gasteiger partial charge in [0.15, 0.2) is 5.69 Å². The number of aromatic carboxylic acids is 1. The quantitative estimate of drug-likeness (QED) is 0.885. The first kappa shape index (κ1) is 11.1. The Morgan fingerprint density at radius 2 is 2.06 bits per heavy atom. The van der Waals surface area contributed by atoms with Crippen LogP contribution in [-0.4, -0.2) is 23.1 Å². The van der Waals surface area contributed by atoms with Crippen molar-refractivity contribution in [3.05, 3.63) is 42.0 Å². The maximum Gasteiger partial charge on any atom is 0.357 e. The summed E-state index contributed by atoms with van der Waals surface area (Å²) in [5.74, 6) is -1.51. The number of hydrogen-bond acceptors (Lipinski definition) is 4. The van der Waals surface area contributed by atoms with Gasteiger partial charge in [-0.1, -0.05) is 0 Å². The Morgan fingerprint density at radius 1 is 1.41 bits per heavy atom. The van der Waals surface area contributed by atoms with Gasteiger partial charge in [-0.2, -0.15) is 4.98 Å². The maximum absolute atomic E-state index is 12.7. The van der Waals surface area contributed by atoms with Crippen molar-refractivity contribution in [2.24, 2.45) is 0 Å². The Hall–Kier alpha value is -2.37. The molecule has 1 aromatic carbocycles. The molecule has 6 heteroatoms. The third-order valence-electron chi connectivity index (χ3n) is 2.21. The van der Waals surface area contributed by atoms with Gasteiger partial charge in [0.05, 0.1) is 0 Å². The summed E-state index contributed by atoms with van der Waals surface area (Å²) in [7, 11) is 1.64. The highest BCUT2D eigenvalue weighted by Crippen LogP contribution is 2.22. The highest BCUT2D eigenvalue weighted by Gasteiger charge is 2.14. The van der Waals surface area contributed by atoms with Gasteiger partial charge in [-0.05, 0) is 24.3 Å². The van der Waals surface area contributed by atoms with Crippen LogP contribution in [0.1, 0.15) is 10.5 Å². The lowest BCUT2D eigenvalue weighted by Gasteiger charge is -2.13. The second-order valence-electron chi connectivity index (χ2n) is 3.36. The first-order valence-corrected chi connectivity index (χ1v) is 4.76. The number of nitrogens with zero attached hydrogens (tertiary/aromatic N) is 2. The Balaban J connectivity index is 2.27. The standard InChI is InChI=1S/C11H9FN2O3/c1-14(8-4-2-7(12)3-5-8)11-13-9(6-17-11)10(15)16/h2-6H,1H3,(H,15,16). The van der Waals surface area contributed by atoms with E-state index in [0.29, 0.717) is 5.69 Å². The van der Waals surface area contributed by atoms with Crippen LogP contribution >= 0.6 is 0 Å². The van der Waals surface area contributed by atoms with Crippen molar-refractivity contribution < 1.29 is 18.7 Å². The average Bonchev–Trinajstić information content (AvgIpc) is 2.78. The fourth-order valence-corrected chi connectivity index (χ4v) is 1.29. The van der Waals surface area contributed by atoms with E-state index in [9.17, 15) is 9.18 Å². The molecule has 5 nitrogen and oxygen atoms in total. The average molecular weight is 236 g/mol. The second-order valence-corrected chi connectivity index (χ2v) is 3.36. The van der Waals surface area contributed by atoms with E-state index in [1.54, 1.807) is 19.2 Å². The van der Waals surface area contributed by atoms with Crippen molar-refractivity contribution in [3.63, 3.8) is 0 Å². The molecule has 0 amide bonds. The summed E-state index contributed by atoms with van der Waals surface area (Å²) in [6.07, 6.45) is 1.05. The van der Waals surface area contributed by atoms with E-state index < -0.39 is 5.97 Å². The number of carboxylic acid groups (broad SMARTS) is 1. The van der Waals surface area contributed by atoms with E-state index in [2.05, 4.69) is 4.98 Å². The van der Waals surface area contributed by atoms with E-state index in [-0.39, 0.29) is 17.5 Å². The van der Waals surface area contributed by atoms with Crippen LogP contribution in [0.15, 0.2) is 34.9 Å². The van der Waals surface area contributed by atoms with Crippen molar-refractivity contribution in [2.75, 3.05) is 11.9 Å². The lowest BCUT2D eigenvalue weighted by molar-refractivity contribution is 0.0690. The van der Waals surface area contributed by atoms with Gasteiger partial charge in [0.25, 0.3) is 0 Å². The lowest BCUT2D eigenvalue weighted by Crippen LogP contribution is -2.10. The predicted octanol–water partition coefficient (Wildman–Crippen LogP) is 2.28. The van der Waals surface area contributed by atoms with E-state index in [4.69, 9.17) is 9.52 Å². The number of benzene rings is 1. The molecule has 0 aliphatic carbocycles. The molecule has 17 heavy (non-hydrogen) atoms. The SMILES string of the molecule is CN(c1ccc(F)cc1)c1nc(C(=O)O)co1. The molecule has 88 valence electrons. The third-order valence-corrected chi connectivity index (χ3v) is 2.21. The molecule has 0 spiro atoms. The molecule has 0 saturated carbocycles. The number of aromatic nitrogens is 1. The molecular formula is C11H9FN2O3. The molecule has 0 saturated heterocycles. The normalized spacial score (nSPS) is 10.2. The van der Waals surface area contributed by atoms with Crippen LogP contribution in [0.5, 0.6) is 0 Å². The molecule has 0 aliphatic rings. The second kappa shape index (κ2) is 4.25. The van der Waals surface area contributed by atoms with Crippen LogP contribution in [0.4, 0.5) is 16.1 Å². The fourth-order valence-electron chi connectivity index (χ4n) is 1.29. The van der Waals surface area contributed by atoms with Crippen LogP contribution in [0.3, 0.4) is 0 Å². The van der Waals surface area contributed by atoms with Gasteiger partial charge >= 0.3 is 12.0 Å². The summed E-state index contributed by atoms with van der Waals surface area (Å²) in [5.41, 5.74) is 0.471. The number of anilines is 2. The molecule has 0 bridgehead atoms. The zero-order chi connectivity index (χ0) is 12.4. The van der Waals surface area contributed by atoms with E-state index in [0.717, 1.165) is 6.26 Å². The Bertz CT molecular complexity index is 536. The number of carbonyl (C=O) groups is 1. The summed E-state index contributed by atoms with van der Waals surface area (Å²) < 4.78 is 17.7. The number of hydrogen-bond donors (Lipinski definition) is 1. The smallest absolute Gasteiger partial charge is 0.357 e. The van der Waals surface area contributed by atoms with Crippen molar-refractivity contribution in [3.8, 4) is 0 Å². The van der Waals surface area contributed by atoms with Crippen LogP contribution < -0.4 is 4.90 Å². The van der Waals surface area contributed by atoms with Crippen molar-refractivity contribution >= 4 is 17.7 Å². The van der Waals surface area contributed by atoms with Gasteiger partial charge in [-0.25, -0.2) is 9.18 Å². The maximum atomic E-state index is 12.7. The first-order valence-electron chi connectivity index (χ1n) is 4.76. The number of halogens is 1. The zero-order valence-electron chi connectivity index (χ0n) is 8.92. The molecule has 2 aromatic rings. The van der Waals surface area contributed by atoms with Gasteiger partial charge < -0.3 is 9.52 Å². The van der Waals surface area contributed by atoms with Crippen LogP contribution in [0, 0.1) is 5.82 Å². The summed E-state index contributed by atoms with van der Waals surface area (Å²) in [6, 6.07) is 5.81. The third kappa shape index (κ3) is 2.25. The molecule has 1 N–H and O–H groups in total. The van der Waals surface area contributed by atoms with E-state index in [1.807, 2.05) is 0 Å². The minimum Gasteiger partial charge on any atom is -0.476 e. The molecule has 1 heterocycles. The highest BCUT2D eigenvalue weighted by molar-refractivity contribution is 5.85. The van der Waals surface area contributed by atoms with Crippen molar-refractivity contribution in [1.29, 1.82) is 0 Å². The summed E-state index contributed by atoms with van der Waals surface area (Å²) >= 11 is 0. The van der Waals surface area contributed by atoms with Crippen LogP contribution in [-0.2, 0) is 0 Å². The molecule has 2 rings (SSSR count). The van der Waals surface area contributed by atoms with Gasteiger partial charge in [-0.3, -0.25) is 4.90 Å². The Kier molecular flexibility index (Phi) is 2.78. The highest BCUT2D eigenvalue weighted by atomic mass is 19.1. The van der Waals surface area contributed by atoms with Crippen LogP contribution in [0.25, 0.3) is 0 Å². The van der Waals surface area contributed by atoms with Gasteiger partial charge in [0, 0.05) is 12.7 Å². The molecule has 0 radical (unpaired) electrons. The minimum absolute atomic E-state index is 0.133. The van der Waals surface area contributed by atoms with Gasteiger partial charge in [-0.15, -0.1) is 0 Å². The molecule has 0 aliphatic heterocycles. The van der Waals surface area contributed by atoms with Crippen molar-refractivity contribution in [1.82, 2.24) is 4.98 Å². The number of oxazole rings is 1. The number of rotatable bonds is 3. The largest absolute Gasteiger partial charge is 0.476 e. The number of carboxylic acids is 1. The molecule has 0 unspecified atom stereocenters. The van der Waals surface area contributed by atoms with Gasteiger partial charge in [0.2, 0.25) is 0 Å². The Labute approximate surface area is 96.1 Å². The first-order chi connectivity index (χ1) is 8.08. The molecule has 1 aromatic heterocycles. The molecule has 0 fully saturated rings. The lowest BCUT2D eigenvalue weighted by atomic mass is 10.3. The van der Waals surface area contributed by atoms with Gasteiger partial charge in [0.1, 0.15) is 12.1 Å². The summed E-state index contributed by atoms with van der Waals surface area (Å²) in [4.78, 5) is 15.9. The van der Waals surface area contributed by atoms with E-state index >= 15 is 0 Å². The predicted molar refractivity (Wildman–Crippen MR) is 57.9 cm³/mol. The minimum atomic E-state index is -1.16. The molecular weight excluding hydrogens is 227 g/mol. The monoisotopic (exact) mass is 236 g/mol. The van der Waals surface area contributed by atoms with Crippen molar-refractivity contribution in [2.45, 2.75) is 0 Å². The fraction of sp³-hybridized carbons (Fsp3) is 0.0909. The van der Waals surface area contributed by atoms with E-state index in [1.165, 1.54) is 17.0 Å². The topological polar surface area (TPSA) is 66.6 Å². The Morgan fingerprint density at radius 3 is 2.59 bits per heavy atom.